The molecule has 0 saturated carbocycles. The third-order valence-electron chi connectivity index (χ3n) is 1.59. The van der Waals surface area contributed by atoms with Crippen molar-refractivity contribution in [3.8, 4) is 17.2 Å². The smallest absolute Gasteiger partial charge is 0.161 e. The third-order valence-corrected chi connectivity index (χ3v) is 1.59. The summed E-state index contributed by atoms with van der Waals surface area (Å²) < 4.78 is 0. The van der Waals surface area contributed by atoms with Crippen molar-refractivity contribution in [2.45, 2.75) is 6.42 Å². The highest BCUT2D eigenvalue weighted by Gasteiger charge is 2.06. The van der Waals surface area contributed by atoms with Crippen molar-refractivity contribution >= 4 is 12.4 Å². The Balaban J connectivity index is -0.000000480. The standard InChI is InChI=1S/C8H11NO3.ClH.2H2/c9-2-1-5-3-7(11)8(12)4-6(5)10;;;/h3-4,10-12H,1-2,9H2;3*1H. The maximum atomic E-state index is 9.22. The lowest BCUT2D eigenvalue weighted by Crippen LogP contribution is -2.02. The zero-order valence-corrected chi connectivity index (χ0v) is 7.71. The van der Waals surface area contributed by atoms with Gasteiger partial charge in [-0.25, -0.2) is 0 Å². The van der Waals surface area contributed by atoms with Crippen molar-refractivity contribution in [2.24, 2.45) is 5.73 Å². The summed E-state index contributed by atoms with van der Waals surface area (Å²) in [5.41, 5.74) is 5.80. The molecule has 0 unspecified atom stereocenters. The molecule has 0 heterocycles. The number of hydrogen-bond acceptors (Lipinski definition) is 4. The van der Waals surface area contributed by atoms with Gasteiger partial charge in [0.2, 0.25) is 0 Å². The van der Waals surface area contributed by atoms with Crippen LogP contribution in [-0.2, 0) is 6.42 Å². The second-order valence-corrected chi connectivity index (χ2v) is 2.51. The van der Waals surface area contributed by atoms with Crippen molar-refractivity contribution in [2.75, 3.05) is 6.54 Å². The van der Waals surface area contributed by atoms with Gasteiger partial charge in [-0.15, -0.1) is 12.4 Å². The van der Waals surface area contributed by atoms with Crippen LogP contribution in [0.2, 0.25) is 0 Å². The van der Waals surface area contributed by atoms with Crippen LogP contribution in [0.15, 0.2) is 12.1 Å². The highest BCUT2D eigenvalue weighted by atomic mass is 35.5. The molecule has 0 bridgehead atoms. The molecule has 1 aromatic carbocycles. The summed E-state index contributed by atoms with van der Waals surface area (Å²) in [5.74, 6) is -0.611. The number of phenols is 3. The molecule has 1 aromatic rings. The SMILES string of the molecule is Cl.NCCc1cc(O)c(O)cc1O.[HH].[HH]. The van der Waals surface area contributed by atoms with E-state index >= 15 is 0 Å². The second kappa shape index (κ2) is 4.79. The Kier molecular flexibility index (Phi) is 4.37. The molecule has 5 N–H and O–H groups in total. The Morgan fingerprint density at radius 1 is 1.08 bits per heavy atom. The number of halogens is 1. The monoisotopic (exact) mass is 209 g/mol. The van der Waals surface area contributed by atoms with Crippen LogP contribution in [0.3, 0.4) is 0 Å². The molecule has 0 fully saturated rings. The zero-order valence-electron chi connectivity index (χ0n) is 6.90. The summed E-state index contributed by atoms with van der Waals surface area (Å²) in [7, 11) is 0. The van der Waals surface area contributed by atoms with E-state index in [1.165, 1.54) is 6.07 Å². The van der Waals surface area contributed by atoms with Crippen molar-refractivity contribution < 1.29 is 18.2 Å². The molecule has 0 spiro atoms. The predicted octanol–water partition coefficient (Wildman–Crippen LogP) is 1.22. The number of nitrogens with two attached hydrogens (primary N) is 1. The van der Waals surface area contributed by atoms with Crippen LogP contribution in [0.1, 0.15) is 8.42 Å². The van der Waals surface area contributed by atoms with Gasteiger partial charge in [-0.1, -0.05) is 0 Å². The summed E-state index contributed by atoms with van der Waals surface area (Å²) in [6.45, 7) is 0.387. The molecule has 0 aromatic heterocycles. The lowest BCUT2D eigenvalue weighted by Gasteiger charge is -2.04. The Morgan fingerprint density at radius 3 is 2.15 bits per heavy atom. The van der Waals surface area contributed by atoms with Crippen LogP contribution in [-0.4, -0.2) is 21.9 Å². The molecule has 78 valence electrons. The number of phenolic OH excluding ortho intramolecular Hbond substituents is 3. The number of benzene rings is 1. The zero-order chi connectivity index (χ0) is 9.14. The Hall–Kier alpha value is -1.13. The summed E-state index contributed by atoms with van der Waals surface area (Å²) in [5, 5.41) is 27.2. The molecular weight excluding hydrogens is 194 g/mol. The quantitative estimate of drug-likeness (QED) is 0.436. The van der Waals surface area contributed by atoms with Crippen LogP contribution in [0.4, 0.5) is 0 Å². The van der Waals surface area contributed by atoms with Crippen molar-refractivity contribution in [1.29, 1.82) is 0 Å². The number of aromatic hydroxyl groups is 3. The predicted molar refractivity (Wildman–Crippen MR) is 55.7 cm³/mol. The summed E-state index contributed by atoms with van der Waals surface area (Å²) in [6.07, 6.45) is 0.472. The van der Waals surface area contributed by atoms with Crippen LogP contribution in [0, 0.1) is 0 Å². The first-order valence-corrected chi connectivity index (χ1v) is 3.59. The van der Waals surface area contributed by atoms with Crippen LogP contribution >= 0.6 is 12.4 Å². The fourth-order valence-corrected chi connectivity index (χ4v) is 0.965. The van der Waals surface area contributed by atoms with E-state index in [0.29, 0.717) is 18.5 Å². The maximum Gasteiger partial charge on any atom is 0.161 e. The normalized spacial score (nSPS) is 9.31. The molecule has 5 heteroatoms. The Morgan fingerprint density at radius 2 is 1.62 bits per heavy atom. The molecule has 0 aliphatic heterocycles. The molecule has 0 amide bonds. The average Bonchev–Trinajstić information content (AvgIpc) is 2.01. The van der Waals surface area contributed by atoms with Gasteiger partial charge < -0.3 is 21.1 Å². The van der Waals surface area contributed by atoms with E-state index < -0.39 is 0 Å². The van der Waals surface area contributed by atoms with Gasteiger partial charge in [-0.2, -0.15) is 0 Å². The van der Waals surface area contributed by atoms with Crippen LogP contribution in [0.25, 0.3) is 0 Å². The number of rotatable bonds is 2. The summed E-state index contributed by atoms with van der Waals surface area (Å²) >= 11 is 0. The van der Waals surface area contributed by atoms with Gasteiger partial charge in [-0.05, 0) is 24.6 Å². The summed E-state index contributed by atoms with van der Waals surface area (Å²) in [6, 6.07) is 2.40. The van der Waals surface area contributed by atoms with Gasteiger partial charge in [0.05, 0.1) is 0 Å². The molecular formula is C8H16ClNO3. The Bertz CT molecular complexity index is 299. The fraction of sp³-hybridized carbons (Fsp3) is 0.250. The largest absolute Gasteiger partial charge is 0.508 e. The van der Waals surface area contributed by atoms with Gasteiger partial charge in [0, 0.05) is 8.92 Å². The van der Waals surface area contributed by atoms with E-state index in [-0.39, 0.29) is 32.5 Å². The van der Waals surface area contributed by atoms with E-state index in [1.807, 2.05) is 0 Å². The molecule has 4 nitrogen and oxygen atoms in total. The van der Waals surface area contributed by atoms with Gasteiger partial charge >= 0.3 is 0 Å². The van der Waals surface area contributed by atoms with E-state index in [1.54, 1.807) is 0 Å². The molecule has 0 atom stereocenters. The van der Waals surface area contributed by atoms with Crippen LogP contribution < -0.4 is 5.73 Å². The van der Waals surface area contributed by atoms with E-state index in [0.717, 1.165) is 6.07 Å². The highest BCUT2D eigenvalue weighted by Crippen LogP contribution is 2.31. The first-order valence-electron chi connectivity index (χ1n) is 3.59. The second-order valence-electron chi connectivity index (χ2n) is 2.51. The average molecular weight is 210 g/mol. The molecule has 0 saturated heterocycles. The lowest BCUT2D eigenvalue weighted by atomic mass is 10.1. The van der Waals surface area contributed by atoms with Crippen LogP contribution in [0.5, 0.6) is 17.2 Å². The van der Waals surface area contributed by atoms with E-state index in [4.69, 9.17) is 15.9 Å². The molecule has 0 radical (unpaired) electrons. The fourth-order valence-electron chi connectivity index (χ4n) is 0.965. The minimum Gasteiger partial charge on any atom is -0.508 e. The summed E-state index contributed by atoms with van der Waals surface area (Å²) in [4.78, 5) is 0. The van der Waals surface area contributed by atoms with E-state index in [2.05, 4.69) is 0 Å². The first-order chi connectivity index (χ1) is 5.65. The Labute approximate surface area is 85.0 Å². The molecule has 13 heavy (non-hydrogen) atoms. The lowest BCUT2D eigenvalue weighted by molar-refractivity contribution is 0.394. The van der Waals surface area contributed by atoms with E-state index in [9.17, 15) is 5.11 Å². The highest BCUT2D eigenvalue weighted by molar-refractivity contribution is 5.85. The topological polar surface area (TPSA) is 86.7 Å². The minimum absolute atomic E-state index is 0. The van der Waals surface area contributed by atoms with Crippen molar-refractivity contribution in [3.63, 3.8) is 0 Å². The minimum atomic E-state index is -0.326. The van der Waals surface area contributed by atoms with Crippen molar-refractivity contribution in [3.05, 3.63) is 17.7 Å². The molecule has 0 aliphatic carbocycles. The van der Waals surface area contributed by atoms with Gasteiger partial charge in [-0.3, -0.25) is 0 Å². The maximum absolute atomic E-state index is 9.22. The third kappa shape index (κ3) is 2.68. The molecule has 1 rings (SSSR count). The first kappa shape index (κ1) is 11.9. The van der Waals surface area contributed by atoms with Crippen molar-refractivity contribution in [1.82, 2.24) is 0 Å². The van der Waals surface area contributed by atoms with Gasteiger partial charge in [0.15, 0.2) is 11.5 Å². The number of hydrogen-bond donors (Lipinski definition) is 4. The van der Waals surface area contributed by atoms with Gasteiger partial charge in [0.1, 0.15) is 5.75 Å². The van der Waals surface area contributed by atoms with Gasteiger partial charge in [0.25, 0.3) is 0 Å². The molecule has 0 aliphatic rings.